The molecule has 9 heteroatoms. The molecule has 2 aromatic heterocycles. The number of para-hydroxylation sites is 1. The van der Waals surface area contributed by atoms with Crippen LogP contribution in [0.2, 0.25) is 5.02 Å². The van der Waals surface area contributed by atoms with Gasteiger partial charge in [0.15, 0.2) is 20.0 Å². The van der Waals surface area contributed by atoms with Gasteiger partial charge >= 0.3 is 0 Å². The number of thiazole rings is 1. The van der Waals surface area contributed by atoms with Crippen LogP contribution in [0.15, 0.2) is 71.9 Å². The molecule has 1 fully saturated rings. The first-order chi connectivity index (χ1) is 16.0. The number of pyridine rings is 1. The van der Waals surface area contributed by atoms with Crippen molar-refractivity contribution in [2.45, 2.75) is 29.7 Å². The van der Waals surface area contributed by atoms with Crippen LogP contribution in [0.4, 0.5) is 5.13 Å². The normalized spacial score (nSPS) is 15.1. The van der Waals surface area contributed by atoms with Gasteiger partial charge in [0, 0.05) is 42.7 Å². The summed E-state index contributed by atoms with van der Waals surface area (Å²) in [6.07, 6.45) is 3.17. The molecule has 33 heavy (non-hydrogen) atoms. The number of ether oxygens (including phenoxy) is 1. The third-order valence-electron chi connectivity index (χ3n) is 5.62. The van der Waals surface area contributed by atoms with Gasteiger partial charge < -0.3 is 9.64 Å². The average Bonchev–Trinajstić information content (AvgIpc) is 3.24. The number of hydrogen-bond donors (Lipinski definition) is 0. The zero-order valence-electron chi connectivity index (χ0n) is 17.7. The maximum absolute atomic E-state index is 12.8. The van der Waals surface area contributed by atoms with Gasteiger partial charge in [0.1, 0.15) is 11.9 Å². The van der Waals surface area contributed by atoms with Crippen molar-refractivity contribution in [3.63, 3.8) is 0 Å². The fourth-order valence-corrected chi connectivity index (χ4v) is 6.51. The highest BCUT2D eigenvalue weighted by molar-refractivity contribution is 7.90. The summed E-state index contributed by atoms with van der Waals surface area (Å²) in [5.41, 5.74) is 1.61. The number of nitrogens with zero attached hydrogens (tertiary/aromatic N) is 3. The van der Waals surface area contributed by atoms with Crippen molar-refractivity contribution in [3.05, 3.63) is 77.4 Å². The molecule has 0 spiro atoms. The minimum Gasteiger partial charge on any atom is -0.490 e. The smallest absolute Gasteiger partial charge is 0.199 e. The highest BCUT2D eigenvalue weighted by Gasteiger charge is 2.25. The summed E-state index contributed by atoms with van der Waals surface area (Å²) in [7, 11) is -3.55. The van der Waals surface area contributed by atoms with Gasteiger partial charge in [-0.15, -0.1) is 0 Å². The van der Waals surface area contributed by atoms with Crippen molar-refractivity contribution >= 4 is 48.1 Å². The van der Waals surface area contributed by atoms with E-state index in [2.05, 4.69) is 9.88 Å². The summed E-state index contributed by atoms with van der Waals surface area (Å²) in [6, 6.07) is 18.0. The Bertz CT molecular complexity index is 1370. The molecule has 0 amide bonds. The Labute approximate surface area is 201 Å². The van der Waals surface area contributed by atoms with E-state index in [0.29, 0.717) is 16.3 Å². The Morgan fingerprint density at radius 3 is 2.64 bits per heavy atom. The quantitative estimate of drug-likeness (QED) is 0.355. The van der Waals surface area contributed by atoms with Gasteiger partial charge in [-0.3, -0.25) is 0 Å². The van der Waals surface area contributed by atoms with E-state index in [0.717, 1.165) is 41.3 Å². The monoisotopic (exact) mass is 499 g/mol. The predicted molar refractivity (Wildman–Crippen MR) is 132 cm³/mol. The third-order valence-corrected chi connectivity index (χ3v) is 8.50. The second kappa shape index (κ2) is 9.29. The number of fused-ring (bicyclic) bond motifs is 1. The van der Waals surface area contributed by atoms with Crippen LogP contribution in [0.25, 0.3) is 10.2 Å². The standard InChI is InChI=1S/C24H22ClN3O3S2/c25-18-8-9-20-22(15-18)32-24(27-20)28-13-10-19(11-14-28)31-21-6-2-1-5-17(21)16-33(29,30)23-7-3-4-12-26-23/h1-9,12,15,19H,10-11,13-14,16H2. The van der Waals surface area contributed by atoms with Crippen LogP contribution in [0.3, 0.4) is 0 Å². The molecule has 3 heterocycles. The Balaban J connectivity index is 1.25. The first kappa shape index (κ1) is 22.1. The molecule has 1 aliphatic rings. The van der Waals surface area contributed by atoms with E-state index >= 15 is 0 Å². The van der Waals surface area contributed by atoms with Crippen LogP contribution in [0, 0.1) is 0 Å². The van der Waals surface area contributed by atoms with E-state index in [1.54, 1.807) is 29.5 Å². The summed E-state index contributed by atoms with van der Waals surface area (Å²) in [5.74, 6) is 0.470. The van der Waals surface area contributed by atoms with E-state index in [9.17, 15) is 8.42 Å². The Hall–Kier alpha value is -2.68. The SMILES string of the molecule is O=S(=O)(Cc1ccccc1OC1CCN(c2nc3ccc(Cl)cc3s2)CC1)c1ccccn1. The molecule has 0 atom stereocenters. The van der Waals surface area contributed by atoms with E-state index < -0.39 is 9.84 Å². The van der Waals surface area contributed by atoms with Crippen LogP contribution < -0.4 is 9.64 Å². The lowest BCUT2D eigenvalue weighted by molar-refractivity contribution is 0.169. The topological polar surface area (TPSA) is 72.4 Å². The maximum atomic E-state index is 12.8. The summed E-state index contributed by atoms with van der Waals surface area (Å²) in [6.45, 7) is 1.65. The van der Waals surface area contributed by atoms with Gasteiger partial charge in [-0.05, 0) is 36.4 Å². The molecular weight excluding hydrogens is 478 g/mol. The minimum absolute atomic E-state index is 0.0174. The van der Waals surface area contributed by atoms with Crippen molar-refractivity contribution in [1.29, 1.82) is 0 Å². The van der Waals surface area contributed by atoms with Gasteiger partial charge in [0.25, 0.3) is 0 Å². The first-order valence-electron chi connectivity index (χ1n) is 10.7. The van der Waals surface area contributed by atoms with Gasteiger partial charge in [0.05, 0.1) is 16.0 Å². The lowest BCUT2D eigenvalue weighted by Crippen LogP contribution is -2.38. The summed E-state index contributed by atoms with van der Waals surface area (Å²) < 4.78 is 33.0. The molecule has 0 aliphatic carbocycles. The molecule has 2 aromatic carbocycles. The molecule has 0 saturated carbocycles. The maximum Gasteiger partial charge on any atom is 0.199 e. The molecule has 0 radical (unpaired) electrons. The van der Waals surface area contributed by atoms with Crippen LogP contribution in [-0.2, 0) is 15.6 Å². The highest BCUT2D eigenvalue weighted by atomic mass is 35.5. The number of piperidine rings is 1. The van der Waals surface area contributed by atoms with Gasteiger partial charge in [-0.2, -0.15) is 0 Å². The Morgan fingerprint density at radius 2 is 1.85 bits per heavy atom. The summed E-state index contributed by atoms with van der Waals surface area (Å²) >= 11 is 7.75. The van der Waals surface area contributed by atoms with Crippen LogP contribution in [0.1, 0.15) is 18.4 Å². The highest BCUT2D eigenvalue weighted by Crippen LogP contribution is 2.33. The van der Waals surface area contributed by atoms with Crippen molar-refractivity contribution in [1.82, 2.24) is 9.97 Å². The number of hydrogen-bond acceptors (Lipinski definition) is 7. The summed E-state index contributed by atoms with van der Waals surface area (Å²) in [4.78, 5) is 11.0. The van der Waals surface area contributed by atoms with E-state index in [-0.39, 0.29) is 16.9 Å². The predicted octanol–water partition coefficient (Wildman–Crippen LogP) is 5.37. The molecule has 4 aromatic rings. The fourth-order valence-electron chi connectivity index (χ4n) is 3.91. The lowest BCUT2D eigenvalue weighted by Gasteiger charge is -2.32. The van der Waals surface area contributed by atoms with Crippen molar-refractivity contribution in [2.24, 2.45) is 0 Å². The van der Waals surface area contributed by atoms with Crippen LogP contribution in [-0.4, -0.2) is 37.6 Å². The zero-order chi connectivity index (χ0) is 22.8. The van der Waals surface area contributed by atoms with Gasteiger partial charge in [-0.1, -0.05) is 47.2 Å². The zero-order valence-corrected chi connectivity index (χ0v) is 20.1. The largest absolute Gasteiger partial charge is 0.490 e. The lowest BCUT2D eigenvalue weighted by atomic mass is 10.1. The summed E-state index contributed by atoms with van der Waals surface area (Å²) in [5, 5.41) is 1.78. The van der Waals surface area contributed by atoms with E-state index in [1.807, 2.05) is 36.4 Å². The van der Waals surface area contributed by atoms with Crippen LogP contribution >= 0.6 is 22.9 Å². The molecule has 0 bridgehead atoms. The molecule has 0 N–H and O–H groups in total. The number of rotatable bonds is 6. The Morgan fingerprint density at radius 1 is 1.06 bits per heavy atom. The van der Waals surface area contributed by atoms with Gasteiger partial charge in [-0.25, -0.2) is 18.4 Å². The second-order valence-corrected chi connectivity index (χ2v) is 11.3. The second-order valence-electron chi connectivity index (χ2n) is 7.95. The molecule has 1 saturated heterocycles. The number of halogens is 1. The van der Waals surface area contributed by atoms with E-state index in [1.165, 1.54) is 12.3 Å². The third kappa shape index (κ3) is 4.98. The van der Waals surface area contributed by atoms with Gasteiger partial charge in [0.2, 0.25) is 0 Å². The molecule has 170 valence electrons. The molecule has 6 nitrogen and oxygen atoms in total. The number of sulfone groups is 1. The van der Waals surface area contributed by atoms with Crippen molar-refractivity contribution < 1.29 is 13.2 Å². The fraction of sp³-hybridized carbons (Fsp3) is 0.250. The number of benzene rings is 2. The van der Waals surface area contributed by atoms with Crippen molar-refractivity contribution in [2.75, 3.05) is 18.0 Å². The van der Waals surface area contributed by atoms with E-state index in [4.69, 9.17) is 21.3 Å². The Kier molecular flexibility index (Phi) is 6.23. The first-order valence-corrected chi connectivity index (χ1v) is 13.5. The molecule has 5 rings (SSSR count). The number of aromatic nitrogens is 2. The number of anilines is 1. The van der Waals surface area contributed by atoms with Crippen molar-refractivity contribution in [3.8, 4) is 5.75 Å². The average molecular weight is 500 g/mol. The minimum atomic E-state index is -3.55. The molecular formula is C24H22ClN3O3S2. The van der Waals surface area contributed by atoms with Crippen LogP contribution in [0.5, 0.6) is 5.75 Å². The molecule has 0 unspecified atom stereocenters. The molecule has 1 aliphatic heterocycles.